The molecule has 0 heterocycles. The number of nitro benzene ring substituents is 1. The average molecular weight is 1040 g/mol. The molecule has 0 unspecified atom stereocenters. The fourth-order valence-electron chi connectivity index (χ4n) is 6.31. The lowest BCUT2D eigenvalue weighted by atomic mass is 9.87. The summed E-state index contributed by atoms with van der Waals surface area (Å²) in [6.45, 7) is 33.2. The van der Waals surface area contributed by atoms with Gasteiger partial charge in [-0.15, -0.1) is 0 Å². The van der Waals surface area contributed by atoms with Crippen LogP contribution in [0.3, 0.4) is 0 Å². The second-order valence-corrected chi connectivity index (χ2v) is 20.3. The summed E-state index contributed by atoms with van der Waals surface area (Å²) in [5.41, 5.74) is 15.6. The molecule has 8 aromatic rings. The van der Waals surface area contributed by atoms with E-state index < -0.39 is 11.7 Å². The number of hydrogen-bond acceptors (Lipinski definition) is 2. The van der Waals surface area contributed by atoms with E-state index in [1.807, 2.05) is 31.2 Å². The van der Waals surface area contributed by atoms with Gasteiger partial charge in [0.2, 0.25) is 0 Å². The van der Waals surface area contributed by atoms with Crippen LogP contribution in [0.4, 0.5) is 18.9 Å². The van der Waals surface area contributed by atoms with Gasteiger partial charge in [0, 0.05) is 16.7 Å². The maximum Gasteiger partial charge on any atom is 0.416 e. The number of nitro groups is 1. The Kier molecular flexibility index (Phi) is 30.6. The molecule has 400 valence electrons. The zero-order valence-corrected chi connectivity index (χ0v) is 48.3. The topological polar surface area (TPSA) is 43.1 Å². The van der Waals surface area contributed by atoms with E-state index in [1.165, 1.54) is 80.8 Å². The SMILES string of the molecule is CCc1ccc(C)cc1.Cc1ccc(C(C)(C)C)cc1.Cc1ccc(C(C)C)cc1.Cc1ccc(C)cc1.Cc1ccc(C)cc1.Cc1ccccc1C(F)(F)F.Cc1ccccc1Cl.Cc1ccccc1[N+](=O)[O-]. The number of nitrogens with zero attached hydrogens (tertiary/aromatic N) is 1. The minimum atomic E-state index is -4.22. The highest BCUT2D eigenvalue weighted by atomic mass is 35.5. The molecule has 0 amide bonds. The third-order valence-electron chi connectivity index (χ3n) is 11.5. The standard InChI is InChI=1S/C11H16.C10H14.C9H12.C8H7F3.2C8H10.C7H7Cl.C7H7NO2/c1-9-5-7-10(8-6-9)11(2,3)4;1-8(2)10-6-4-9(3)5-7-10;1-3-9-6-4-8(2)5-7-9;1-6-4-2-3-5-7(6)8(9,10)11;2*1-7-3-5-8(2)6-4-7;1-6-4-2-3-5-7(6)8;1-6-4-2-3-5-7(6)8(9)10/h5-8H,1-4H3;4-8H,1-3H3;4-7H,3H2,1-2H3;2-5H,1H3;2*3-6H,1-2H3;2-5H,1H3;2-5H,1H3. The molecule has 0 atom stereocenters. The van der Waals surface area contributed by atoms with Gasteiger partial charge in [0.05, 0.1) is 10.5 Å². The third-order valence-corrected chi connectivity index (χ3v) is 11.9. The molecule has 0 saturated heterocycles. The van der Waals surface area contributed by atoms with Crippen molar-refractivity contribution in [3.8, 4) is 0 Å². The molecule has 0 aliphatic carbocycles. The second kappa shape index (κ2) is 34.7. The lowest BCUT2D eigenvalue weighted by Crippen LogP contribution is -2.10. The Labute approximate surface area is 455 Å². The maximum atomic E-state index is 12.0. The Morgan fingerprint density at radius 2 is 0.773 bits per heavy atom. The van der Waals surface area contributed by atoms with Gasteiger partial charge in [-0.3, -0.25) is 10.1 Å². The summed E-state index contributed by atoms with van der Waals surface area (Å²) < 4.78 is 36.1. The summed E-state index contributed by atoms with van der Waals surface area (Å²) in [5, 5.41) is 11.1. The first kappa shape index (κ1) is 66.3. The van der Waals surface area contributed by atoms with Gasteiger partial charge in [-0.2, -0.15) is 13.2 Å². The monoisotopic (exact) mass is 1040 g/mol. The summed E-state index contributed by atoms with van der Waals surface area (Å²) in [7, 11) is 0. The van der Waals surface area contributed by atoms with Gasteiger partial charge in [-0.25, -0.2) is 0 Å². The van der Waals surface area contributed by atoms with Crippen LogP contribution in [-0.2, 0) is 18.0 Å². The highest BCUT2D eigenvalue weighted by Gasteiger charge is 2.31. The van der Waals surface area contributed by atoms with E-state index in [1.54, 1.807) is 31.2 Å². The van der Waals surface area contributed by atoms with Gasteiger partial charge in [-0.1, -0.05) is 268 Å². The van der Waals surface area contributed by atoms with Gasteiger partial charge < -0.3 is 0 Å². The van der Waals surface area contributed by atoms with E-state index in [0.29, 0.717) is 11.5 Å². The predicted octanol–water partition coefficient (Wildman–Crippen LogP) is 21.1. The molecule has 8 rings (SSSR count). The summed E-state index contributed by atoms with van der Waals surface area (Å²) in [6.07, 6.45) is -3.08. The van der Waals surface area contributed by atoms with Crippen molar-refractivity contribution in [2.75, 3.05) is 0 Å². The van der Waals surface area contributed by atoms with E-state index in [-0.39, 0.29) is 21.6 Å². The molecule has 0 spiro atoms. The lowest BCUT2D eigenvalue weighted by molar-refractivity contribution is -0.385. The minimum absolute atomic E-state index is 0.183. The molecule has 0 saturated carbocycles. The van der Waals surface area contributed by atoms with Crippen molar-refractivity contribution in [3.63, 3.8) is 0 Å². The van der Waals surface area contributed by atoms with Crippen LogP contribution in [0.5, 0.6) is 0 Å². The summed E-state index contributed by atoms with van der Waals surface area (Å²) in [4.78, 5) is 9.85. The fraction of sp³-hybridized carbons (Fsp3) is 0.294. The Balaban J connectivity index is 0.000000430. The van der Waals surface area contributed by atoms with Crippen molar-refractivity contribution < 1.29 is 18.1 Å². The summed E-state index contributed by atoms with van der Waals surface area (Å²) in [5.74, 6) is 0.653. The van der Waals surface area contributed by atoms with Crippen LogP contribution in [0.2, 0.25) is 5.02 Å². The normalized spacial score (nSPS) is 10.1. The molecule has 0 radical (unpaired) electrons. The van der Waals surface area contributed by atoms with E-state index in [9.17, 15) is 23.3 Å². The van der Waals surface area contributed by atoms with Crippen LogP contribution in [0, 0.1) is 79.4 Å². The van der Waals surface area contributed by atoms with Crippen molar-refractivity contribution in [2.24, 2.45) is 0 Å². The molecule has 3 nitrogen and oxygen atoms in total. The Morgan fingerprint density at radius 3 is 1.04 bits per heavy atom. The van der Waals surface area contributed by atoms with Crippen molar-refractivity contribution in [2.45, 2.75) is 135 Å². The van der Waals surface area contributed by atoms with Crippen LogP contribution in [0.15, 0.2) is 194 Å². The molecule has 0 aliphatic rings. The van der Waals surface area contributed by atoms with E-state index in [2.05, 4.69) is 211 Å². The van der Waals surface area contributed by atoms with Crippen LogP contribution >= 0.6 is 11.6 Å². The van der Waals surface area contributed by atoms with Gasteiger partial charge in [0.15, 0.2) is 0 Å². The third kappa shape index (κ3) is 29.7. The smallest absolute Gasteiger partial charge is 0.258 e. The zero-order chi connectivity index (χ0) is 56.7. The molecule has 7 heteroatoms. The van der Waals surface area contributed by atoms with Gasteiger partial charge >= 0.3 is 6.18 Å². The highest BCUT2D eigenvalue weighted by molar-refractivity contribution is 6.31. The Hall–Kier alpha value is -6.76. The molecular formula is C68H83ClF3NO2. The van der Waals surface area contributed by atoms with Crippen LogP contribution < -0.4 is 0 Å². The van der Waals surface area contributed by atoms with Crippen LogP contribution in [0.25, 0.3) is 0 Å². The molecule has 0 aliphatic heterocycles. The molecule has 75 heavy (non-hydrogen) atoms. The number of alkyl halides is 3. The molecule has 0 fully saturated rings. The minimum Gasteiger partial charge on any atom is -0.258 e. The Bertz CT molecular complexity index is 2680. The molecular weight excluding hydrogens is 955 g/mol. The van der Waals surface area contributed by atoms with Crippen molar-refractivity contribution >= 4 is 17.3 Å². The lowest BCUT2D eigenvalue weighted by Gasteiger charge is -2.18. The molecule has 8 aromatic carbocycles. The molecule has 0 N–H and O–H groups in total. The zero-order valence-electron chi connectivity index (χ0n) is 47.5. The fourth-order valence-corrected chi connectivity index (χ4v) is 6.45. The van der Waals surface area contributed by atoms with E-state index in [0.717, 1.165) is 23.1 Å². The van der Waals surface area contributed by atoms with Crippen LogP contribution in [-0.4, -0.2) is 4.92 Å². The van der Waals surface area contributed by atoms with E-state index >= 15 is 0 Å². The largest absolute Gasteiger partial charge is 0.416 e. The predicted molar refractivity (Wildman–Crippen MR) is 318 cm³/mol. The second-order valence-electron chi connectivity index (χ2n) is 19.9. The first-order valence-corrected chi connectivity index (χ1v) is 25.8. The number of benzene rings is 8. The van der Waals surface area contributed by atoms with Crippen molar-refractivity contribution in [1.29, 1.82) is 0 Å². The number of para-hydroxylation sites is 1. The molecule has 0 aromatic heterocycles. The number of rotatable bonds is 3. The summed E-state index contributed by atoms with van der Waals surface area (Å²) >= 11 is 5.71. The average Bonchev–Trinajstić information content (AvgIpc) is 3.36. The van der Waals surface area contributed by atoms with E-state index in [4.69, 9.17) is 11.6 Å². The quantitative estimate of drug-likeness (QED) is 0.131. The van der Waals surface area contributed by atoms with Gasteiger partial charge in [0.25, 0.3) is 5.69 Å². The van der Waals surface area contributed by atoms with Crippen molar-refractivity contribution in [1.82, 2.24) is 0 Å². The number of hydrogen-bond donors (Lipinski definition) is 0. The first-order valence-electron chi connectivity index (χ1n) is 25.4. The number of aryl methyl sites for hydroxylation is 11. The highest BCUT2D eigenvalue weighted by Crippen LogP contribution is 2.31. The maximum absolute atomic E-state index is 12.0. The summed E-state index contributed by atoms with van der Waals surface area (Å²) in [6, 6.07) is 63.0. The molecule has 0 bridgehead atoms. The first-order chi connectivity index (χ1) is 35.1. The van der Waals surface area contributed by atoms with Crippen molar-refractivity contribution in [3.05, 3.63) is 287 Å². The van der Waals surface area contributed by atoms with Crippen LogP contribution in [0.1, 0.15) is 125 Å². The Morgan fingerprint density at radius 1 is 0.453 bits per heavy atom. The number of halogens is 4. The van der Waals surface area contributed by atoms with Gasteiger partial charge in [-0.05, 0) is 127 Å². The van der Waals surface area contributed by atoms with Gasteiger partial charge in [0.1, 0.15) is 0 Å².